The van der Waals surface area contributed by atoms with Crippen LogP contribution in [-0.2, 0) is 9.59 Å². The van der Waals surface area contributed by atoms with E-state index in [9.17, 15) is 9.59 Å². The first kappa shape index (κ1) is 13.1. The van der Waals surface area contributed by atoms with Crippen LogP contribution in [0.1, 0.15) is 25.2 Å². The molecule has 0 saturated heterocycles. The largest absolute Gasteiger partial charge is 0.480 e. The third-order valence-electron chi connectivity index (χ3n) is 2.31. The van der Waals surface area contributed by atoms with Gasteiger partial charge in [-0.15, -0.1) is 0 Å². The first-order chi connectivity index (χ1) is 7.73. The van der Waals surface area contributed by atoms with Crippen molar-refractivity contribution in [2.24, 2.45) is 5.41 Å². The van der Waals surface area contributed by atoms with Gasteiger partial charge in [-0.3, -0.25) is 14.9 Å². The quantitative estimate of drug-likeness (QED) is 0.769. The van der Waals surface area contributed by atoms with Crippen LogP contribution in [0.25, 0.3) is 0 Å². The normalized spacial score (nSPS) is 11.1. The lowest BCUT2D eigenvalue weighted by Gasteiger charge is -2.17. The van der Waals surface area contributed by atoms with Crippen LogP contribution in [0.5, 0.6) is 0 Å². The number of amides is 1. The molecule has 1 amide bonds. The van der Waals surface area contributed by atoms with Gasteiger partial charge >= 0.3 is 5.97 Å². The summed E-state index contributed by atoms with van der Waals surface area (Å²) in [5.74, 6) is -1.71. The van der Waals surface area contributed by atoms with Gasteiger partial charge in [-0.05, 0) is 33.8 Å². The predicted octanol–water partition coefficient (Wildman–Crippen LogP) is 1.14. The van der Waals surface area contributed by atoms with Crippen molar-refractivity contribution >= 4 is 17.8 Å². The molecule has 1 rings (SSSR count). The second kappa shape index (κ2) is 4.48. The molecule has 0 radical (unpaired) electrons. The molecule has 0 fully saturated rings. The minimum atomic E-state index is -1.51. The maximum absolute atomic E-state index is 11.7. The van der Waals surface area contributed by atoms with Gasteiger partial charge in [0.1, 0.15) is 5.41 Å². The smallest absolute Gasteiger partial charge is 0.318 e. The Balaban J connectivity index is 2.92. The fraction of sp³-hybridized carbons (Fsp3) is 0.455. The highest BCUT2D eigenvalue weighted by atomic mass is 16.4. The zero-order valence-electron chi connectivity index (χ0n) is 10.2. The van der Waals surface area contributed by atoms with Crippen molar-refractivity contribution in [3.63, 3.8) is 0 Å². The Hall–Kier alpha value is -1.98. The molecule has 6 nitrogen and oxygen atoms in total. The molecule has 1 aromatic rings. The lowest BCUT2D eigenvalue weighted by Crippen LogP contribution is -2.38. The molecule has 6 heteroatoms. The highest BCUT2D eigenvalue weighted by Crippen LogP contribution is 2.17. The second-order valence-corrected chi connectivity index (χ2v) is 4.36. The van der Waals surface area contributed by atoms with E-state index in [1.165, 1.54) is 13.8 Å². The van der Waals surface area contributed by atoms with Crippen molar-refractivity contribution < 1.29 is 14.7 Å². The summed E-state index contributed by atoms with van der Waals surface area (Å²) in [7, 11) is 0. The lowest BCUT2D eigenvalue weighted by molar-refractivity contribution is -0.151. The molecular weight excluding hydrogens is 222 g/mol. The molecule has 0 saturated carbocycles. The maximum Gasteiger partial charge on any atom is 0.318 e. The number of aromatic nitrogens is 2. The van der Waals surface area contributed by atoms with E-state index in [-0.39, 0.29) is 5.95 Å². The zero-order valence-corrected chi connectivity index (χ0v) is 10.2. The van der Waals surface area contributed by atoms with Crippen LogP contribution in [0.15, 0.2) is 6.07 Å². The lowest BCUT2D eigenvalue weighted by atomic mass is 9.93. The molecule has 0 bridgehead atoms. The number of aryl methyl sites for hydroxylation is 2. The first-order valence-corrected chi connectivity index (χ1v) is 5.10. The summed E-state index contributed by atoms with van der Waals surface area (Å²) in [6.07, 6.45) is 0. The summed E-state index contributed by atoms with van der Waals surface area (Å²) in [5.41, 5.74) is -0.0945. The molecule has 17 heavy (non-hydrogen) atoms. The van der Waals surface area contributed by atoms with Crippen LogP contribution < -0.4 is 5.32 Å². The number of nitrogens with zero attached hydrogens (tertiary/aromatic N) is 2. The summed E-state index contributed by atoms with van der Waals surface area (Å²) in [6, 6.07) is 1.76. The molecule has 1 aromatic heterocycles. The van der Waals surface area contributed by atoms with Crippen molar-refractivity contribution in [1.29, 1.82) is 0 Å². The average molecular weight is 237 g/mol. The van der Waals surface area contributed by atoms with E-state index < -0.39 is 17.3 Å². The zero-order chi connectivity index (χ0) is 13.2. The summed E-state index contributed by atoms with van der Waals surface area (Å²) in [4.78, 5) is 30.6. The van der Waals surface area contributed by atoms with E-state index in [1.54, 1.807) is 19.9 Å². The summed E-state index contributed by atoms with van der Waals surface area (Å²) in [5, 5.41) is 11.3. The number of anilines is 1. The highest BCUT2D eigenvalue weighted by molar-refractivity contribution is 6.06. The molecule has 0 aromatic carbocycles. The molecule has 0 aliphatic rings. The summed E-state index contributed by atoms with van der Waals surface area (Å²) >= 11 is 0. The third-order valence-corrected chi connectivity index (χ3v) is 2.31. The van der Waals surface area contributed by atoms with E-state index in [4.69, 9.17) is 5.11 Å². The average Bonchev–Trinajstić information content (AvgIpc) is 2.15. The Labute approximate surface area is 99.1 Å². The molecule has 1 heterocycles. The number of nitrogens with one attached hydrogen (secondary N) is 1. The number of carboxylic acids is 1. The van der Waals surface area contributed by atoms with Gasteiger partial charge in [0, 0.05) is 11.4 Å². The van der Waals surface area contributed by atoms with Gasteiger partial charge in [0.25, 0.3) is 0 Å². The van der Waals surface area contributed by atoms with Gasteiger partial charge in [-0.2, -0.15) is 0 Å². The van der Waals surface area contributed by atoms with E-state index in [0.29, 0.717) is 11.4 Å². The number of carbonyl (C=O) groups is 2. The van der Waals surface area contributed by atoms with Crippen LogP contribution in [0, 0.1) is 19.3 Å². The standard InChI is InChI=1S/C11H15N3O3/c1-6-5-7(2)13-10(12-6)14-8(15)11(3,4)9(16)17/h5H,1-4H3,(H,16,17)(H,12,13,14,15). The molecule has 2 N–H and O–H groups in total. The van der Waals surface area contributed by atoms with Crippen molar-refractivity contribution in [2.75, 3.05) is 5.32 Å². The number of carbonyl (C=O) groups excluding carboxylic acids is 1. The monoisotopic (exact) mass is 237 g/mol. The fourth-order valence-corrected chi connectivity index (χ4v) is 1.14. The molecule has 92 valence electrons. The predicted molar refractivity (Wildman–Crippen MR) is 61.6 cm³/mol. The van der Waals surface area contributed by atoms with E-state index in [1.807, 2.05) is 0 Å². The highest BCUT2D eigenvalue weighted by Gasteiger charge is 2.36. The summed E-state index contributed by atoms with van der Waals surface area (Å²) < 4.78 is 0. The molecule has 0 unspecified atom stereocenters. The Bertz CT molecular complexity index is 449. The Kier molecular flexibility index (Phi) is 3.45. The molecule has 0 atom stereocenters. The number of hydrogen-bond acceptors (Lipinski definition) is 4. The number of carboxylic acid groups (broad SMARTS) is 1. The first-order valence-electron chi connectivity index (χ1n) is 5.10. The van der Waals surface area contributed by atoms with Gasteiger partial charge in [-0.1, -0.05) is 0 Å². The summed E-state index contributed by atoms with van der Waals surface area (Å²) in [6.45, 7) is 6.19. The van der Waals surface area contributed by atoms with Crippen LogP contribution >= 0.6 is 0 Å². The minimum absolute atomic E-state index is 0.127. The Morgan fingerprint density at radius 3 is 2.12 bits per heavy atom. The van der Waals surface area contributed by atoms with Crippen molar-refractivity contribution in [3.05, 3.63) is 17.5 Å². The fourth-order valence-electron chi connectivity index (χ4n) is 1.14. The van der Waals surface area contributed by atoms with Crippen molar-refractivity contribution in [1.82, 2.24) is 9.97 Å². The van der Waals surface area contributed by atoms with Gasteiger partial charge in [0.15, 0.2) is 0 Å². The van der Waals surface area contributed by atoms with Crippen LogP contribution in [0.2, 0.25) is 0 Å². The van der Waals surface area contributed by atoms with Crippen LogP contribution in [-0.4, -0.2) is 27.0 Å². The van der Waals surface area contributed by atoms with Gasteiger partial charge < -0.3 is 5.11 Å². The number of rotatable bonds is 3. The van der Waals surface area contributed by atoms with Crippen molar-refractivity contribution in [2.45, 2.75) is 27.7 Å². The Morgan fingerprint density at radius 2 is 1.71 bits per heavy atom. The SMILES string of the molecule is Cc1cc(C)nc(NC(=O)C(C)(C)C(=O)O)n1. The minimum Gasteiger partial charge on any atom is -0.480 e. The number of aliphatic carboxylic acids is 1. The van der Waals surface area contributed by atoms with Crippen molar-refractivity contribution in [3.8, 4) is 0 Å². The van der Waals surface area contributed by atoms with Gasteiger partial charge in [0.05, 0.1) is 0 Å². The molecular formula is C11H15N3O3. The second-order valence-electron chi connectivity index (χ2n) is 4.36. The maximum atomic E-state index is 11.7. The van der Waals surface area contributed by atoms with Gasteiger partial charge in [0.2, 0.25) is 11.9 Å². The molecule has 0 aliphatic carbocycles. The third kappa shape index (κ3) is 2.99. The number of hydrogen-bond donors (Lipinski definition) is 2. The van der Waals surface area contributed by atoms with E-state index >= 15 is 0 Å². The van der Waals surface area contributed by atoms with Crippen LogP contribution in [0.3, 0.4) is 0 Å². The topological polar surface area (TPSA) is 92.2 Å². The van der Waals surface area contributed by atoms with Crippen LogP contribution in [0.4, 0.5) is 5.95 Å². The molecule has 0 aliphatic heterocycles. The molecule has 0 spiro atoms. The Morgan fingerprint density at radius 1 is 1.24 bits per heavy atom. The van der Waals surface area contributed by atoms with Gasteiger partial charge in [-0.25, -0.2) is 9.97 Å². The van der Waals surface area contributed by atoms with E-state index in [2.05, 4.69) is 15.3 Å². The van der Waals surface area contributed by atoms with E-state index in [0.717, 1.165) is 0 Å².